The Morgan fingerprint density at radius 3 is 2.92 bits per heavy atom. The highest BCUT2D eigenvalue weighted by molar-refractivity contribution is 6.30. The Balaban J connectivity index is 1.99. The van der Waals surface area contributed by atoms with Crippen LogP contribution < -0.4 is 10.5 Å². The van der Waals surface area contributed by atoms with Gasteiger partial charge in [-0.05, 0) is 31.2 Å². The van der Waals surface area contributed by atoms with Crippen LogP contribution >= 0.6 is 11.6 Å². The molecule has 1 aliphatic heterocycles. The number of aromatic hydroxyl groups is 1. The summed E-state index contributed by atoms with van der Waals surface area (Å²) in [6.45, 7) is 3.13. The number of rotatable bonds is 3. The van der Waals surface area contributed by atoms with Crippen LogP contribution in [-0.4, -0.2) is 40.1 Å². The zero-order valence-corrected chi connectivity index (χ0v) is 14.0. The van der Waals surface area contributed by atoms with Gasteiger partial charge in [-0.2, -0.15) is 0 Å². The molecule has 7 heteroatoms. The van der Waals surface area contributed by atoms with E-state index in [0.717, 1.165) is 11.1 Å². The fourth-order valence-electron chi connectivity index (χ4n) is 2.72. The van der Waals surface area contributed by atoms with Gasteiger partial charge < -0.3 is 15.6 Å². The fraction of sp³-hybridized carbons (Fsp3) is 0.294. The molecule has 6 nitrogen and oxygen atoms in total. The second-order valence-corrected chi connectivity index (χ2v) is 6.18. The van der Waals surface area contributed by atoms with E-state index in [1.807, 2.05) is 11.0 Å². The summed E-state index contributed by atoms with van der Waals surface area (Å²) in [5.74, 6) is 0.0953. The smallest absolute Gasteiger partial charge is 0.234 e. The van der Waals surface area contributed by atoms with E-state index in [9.17, 15) is 9.90 Å². The van der Waals surface area contributed by atoms with Crippen molar-refractivity contribution < 1.29 is 14.6 Å². The number of hydrogen-bond donors (Lipinski definition) is 2. The molecule has 0 fully saturated rings. The number of phenols is 1. The summed E-state index contributed by atoms with van der Waals surface area (Å²) in [4.78, 5) is 17.7. The van der Waals surface area contributed by atoms with E-state index < -0.39 is 11.9 Å². The Kier molecular flexibility index (Phi) is 4.59. The van der Waals surface area contributed by atoms with E-state index in [4.69, 9.17) is 22.1 Å². The first kappa shape index (κ1) is 16.5. The van der Waals surface area contributed by atoms with Crippen molar-refractivity contribution in [1.29, 1.82) is 0 Å². The van der Waals surface area contributed by atoms with Crippen LogP contribution in [0.15, 0.2) is 30.5 Å². The molecule has 2 heterocycles. The van der Waals surface area contributed by atoms with Crippen LogP contribution in [0.5, 0.6) is 11.5 Å². The van der Waals surface area contributed by atoms with E-state index in [0.29, 0.717) is 36.2 Å². The fourth-order valence-corrected chi connectivity index (χ4v) is 2.84. The predicted octanol–water partition coefficient (Wildman–Crippen LogP) is 2.18. The van der Waals surface area contributed by atoms with Gasteiger partial charge in [-0.15, -0.1) is 0 Å². The lowest BCUT2D eigenvalue weighted by atomic mass is 10.0. The Bertz CT molecular complexity index is 764. The number of phenolic OH excluding ortho intramolecular Hbond substituents is 1. The van der Waals surface area contributed by atoms with Crippen molar-refractivity contribution in [3.05, 3.63) is 41.0 Å². The number of ether oxygens (including phenoxy) is 1. The molecule has 3 rings (SSSR count). The summed E-state index contributed by atoms with van der Waals surface area (Å²) in [6, 6.07) is 6.62. The second-order valence-electron chi connectivity index (χ2n) is 5.74. The number of fused-ring (bicyclic) bond motifs is 1. The van der Waals surface area contributed by atoms with Crippen LogP contribution in [0.4, 0.5) is 0 Å². The Labute approximate surface area is 144 Å². The highest BCUT2D eigenvalue weighted by atomic mass is 35.5. The van der Waals surface area contributed by atoms with Gasteiger partial charge in [-0.3, -0.25) is 14.7 Å². The van der Waals surface area contributed by atoms with Gasteiger partial charge in [0.2, 0.25) is 5.91 Å². The normalized spacial score (nSPS) is 15.9. The van der Waals surface area contributed by atoms with Gasteiger partial charge in [-0.1, -0.05) is 11.6 Å². The predicted molar refractivity (Wildman–Crippen MR) is 90.9 cm³/mol. The zero-order chi connectivity index (χ0) is 17.3. The molecule has 0 saturated heterocycles. The van der Waals surface area contributed by atoms with Gasteiger partial charge in [0.25, 0.3) is 0 Å². The summed E-state index contributed by atoms with van der Waals surface area (Å²) < 4.78 is 5.66. The van der Waals surface area contributed by atoms with Gasteiger partial charge >= 0.3 is 0 Å². The molecular formula is C17H18ClN3O3. The molecule has 0 radical (unpaired) electrons. The summed E-state index contributed by atoms with van der Waals surface area (Å²) in [5, 5.41) is 10.9. The van der Waals surface area contributed by atoms with Crippen molar-refractivity contribution >= 4 is 17.5 Å². The van der Waals surface area contributed by atoms with Crippen molar-refractivity contribution in [2.75, 3.05) is 13.2 Å². The third-order valence-electron chi connectivity index (χ3n) is 4.13. The molecule has 1 amide bonds. The van der Waals surface area contributed by atoms with E-state index in [-0.39, 0.29) is 5.75 Å². The number of pyridine rings is 1. The quantitative estimate of drug-likeness (QED) is 0.888. The van der Waals surface area contributed by atoms with Gasteiger partial charge in [0, 0.05) is 30.4 Å². The molecule has 0 saturated carbocycles. The standard InChI is InChI=1S/C17H18ClN3O3/c1-10(17(19)23)21-4-5-24-16-12(9-21)6-11(7-15(16)22)14-3-2-13(18)8-20-14/h2-3,6-8,10,22H,4-5,9H2,1H3,(H2,19,23)/t10-/m1/s1. The van der Waals surface area contributed by atoms with Crippen LogP contribution in [0.1, 0.15) is 12.5 Å². The van der Waals surface area contributed by atoms with Crippen LogP contribution in [0.2, 0.25) is 5.02 Å². The summed E-state index contributed by atoms with van der Waals surface area (Å²) in [5.41, 5.74) is 7.64. The van der Waals surface area contributed by atoms with Crippen LogP contribution in [0.25, 0.3) is 11.3 Å². The number of nitrogens with zero attached hydrogens (tertiary/aromatic N) is 2. The minimum Gasteiger partial charge on any atom is -0.504 e. The van der Waals surface area contributed by atoms with Crippen molar-refractivity contribution in [1.82, 2.24) is 9.88 Å². The number of primary amides is 1. The number of benzene rings is 1. The van der Waals surface area contributed by atoms with Gasteiger partial charge in [0.15, 0.2) is 11.5 Å². The van der Waals surface area contributed by atoms with Crippen LogP contribution in [0.3, 0.4) is 0 Å². The van der Waals surface area contributed by atoms with E-state index in [2.05, 4.69) is 4.98 Å². The third kappa shape index (κ3) is 3.29. The lowest BCUT2D eigenvalue weighted by molar-refractivity contribution is -0.122. The number of nitrogens with two attached hydrogens (primary N) is 1. The number of aromatic nitrogens is 1. The van der Waals surface area contributed by atoms with E-state index >= 15 is 0 Å². The Morgan fingerprint density at radius 1 is 1.46 bits per heavy atom. The molecule has 0 bridgehead atoms. The zero-order valence-electron chi connectivity index (χ0n) is 13.2. The summed E-state index contributed by atoms with van der Waals surface area (Å²) in [7, 11) is 0. The first-order valence-electron chi connectivity index (χ1n) is 7.59. The molecule has 1 atom stereocenters. The second kappa shape index (κ2) is 6.67. The highest BCUT2D eigenvalue weighted by Crippen LogP contribution is 2.37. The molecule has 126 valence electrons. The number of halogens is 1. The first-order chi connectivity index (χ1) is 11.5. The average Bonchev–Trinajstić information content (AvgIpc) is 2.77. The molecule has 0 aliphatic carbocycles. The maximum atomic E-state index is 11.5. The molecule has 1 aromatic heterocycles. The van der Waals surface area contributed by atoms with E-state index in [1.165, 1.54) is 0 Å². The molecule has 3 N–H and O–H groups in total. The number of hydrogen-bond acceptors (Lipinski definition) is 5. The van der Waals surface area contributed by atoms with Gasteiger partial charge in [0.1, 0.15) is 6.61 Å². The Hall–Kier alpha value is -2.31. The van der Waals surface area contributed by atoms with Gasteiger partial charge in [0.05, 0.1) is 16.8 Å². The largest absolute Gasteiger partial charge is 0.504 e. The lowest BCUT2D eigenvalue weighted by Gasteiger charge is -2.24. The number of amides is 1. The maximum absolute atomic E-state index is 11.5. The average molecular weight is 348 g/mol. The molecule has 24 heavy (non-hydrogen) atoms. The first-order valence-corrected chi connectivity index (χ1v) is 7.97. The number of carbonyl (C=O) groups is 1. The molecule has 1 aromatic carbocycles. The van der Waals surface area contributed by atoms with Crippen molar-refractivity contribution in [3.63, 3.8) is 0 Å². The highest BCUT2D eigenvalue weighted by Gasteiger charge is 2.25. The van der Waals surface area contributed by atoms with E-state index in [1.54, 1.807) is 31.3 Å². The molecular weight excluding hydrogens is 330 g/mol. The van der Waals surface area contributed by atoms with Crippen molar-refractivity contribution in [2.45, 2.75) is 19.5 Å². The van der Waals surface area contributed by atoms with Gasteiger partial charge in [-0.25, -0.2) is 0 Å². The summed E-state index contributed by atoms with van der Waals surface area (Å²) >= 11 is 5.87. The maximum Gasteiger partial charge on any atom is 0.234 e. The topological polar surface area (TPSA) is 88.7 Å². The summed E-state index contributed by atoms with van der Waals surface area (Å²) in [6.07, 6.45) is 1.55. The molecule has 0 unspecified atom stereocenters. The van der Waals surface area contributed by atoms with Crippen LogP contribution in [0, 0.1) is 0 Å². The Morgan fingerprint density at radius 2 is 2.25 bits per heavy atom. The molecule has 0 spiro atoms. The SMILES string of the molecule is C[C@H](C(N)=O)N1CCOc2c(O)cc(-c3ccc(Cl)cn3)cc2C1. The van der Waals surface area contributed by atoms with Crippen molar-refractivity contribution in [2.24, 2.45) is 5.73 Å². The minimum atomic E-state index is -0.418. The lowest BCUT2D eigenvalue weighted by Crippen LogP contribution is -2.43. The van der Waals surface area contributed by atoms with Crippen LogP contribution in [-0.2, 0) is 11.3 Å². The molecule has 2 aromatic rings. The third-order valence-corrected chi connectivity index (χ3v) is 4.35. The van der Waals surface area contributed by atoms with Crippen molar-refractivity contribution in [3.8, 4) is 22.8 Å². The monoisotopic (exact) mass is 347 g/mol. The molecule has 1 aliphatic rings. The minimum absolute atomic E-state index is 0.0489. The number of carbonyl (C=O) groups excluding carboxylic acids is 1.